The third kappa shape index (κ3) is 3.32. The van der Waals surface area contributed by atoms with Crippen molar-refractivity contribution in [3.63, 3.8) is 0 Å². The molecule has 1 aromatic carbocycles. The number of nitrogens with zero attached hydrogens (tertiary/aromatic N) is 2. The highest BCUT2D eigenvalue weighted by atomic mass is 79.9. The zero-order valence-electron chi connectivity index (χ0n) is 12.7. The zero-order valence-corrected chi connectivity index (χ0v) is 14.3. The monoisotopic (exact) mass is 353 g/mol. The number of rotatable bonds is 6. The van der Waals surface area contributed by atoms with E-state index in [1.807, 2.05) is 29.8 Å². The molecule has 0 saturated carbocycles. The third-order valence-electron chi connectivity index (χ3n) is 3.30. The van der Waals surface area contributed by atoms with Gasteiger partial charge in [-0.1, -0.05) is 0 Å². The molecule has 0 aliphatic heterocycles. The second-order valence-electron chi connectivity index (χ2n) is 4.59. The van der Waals surface area contributed by atoms with Gasteiger partial charge in [-0.25, -0.2) is 0 Å². The van der Waals surface area contributed by atoms with Crippen molar-refractivity contribution in [1.82, 2.24) is 9.78 Å². The number of nitrogens with one attached hydrogen (secondary N) is 1. The van der Waals surface area contributed by atoms with Gasteiger partial charge in [0.2, 0.25) is 0 Å². The first-order valence-electron chi connectivity index (χ1n) is 6.78. The largest absolute Gasteiger partial charge is 0.493 e. The Bertz CT molecular complexity index is 626. The van der Waals surface area contributed by atoms with E-state index >= 15 is 0 Å². The van der Waals surface area contributed by atoms with Gasteiger partial charge in [0.05, 0.1) is 36.6 Å². The highest BCUT2D eigenvalue weighted by molar-refractivity contribution is 9.10. The van der Waals surface area contributed by atoms with E-state index in [1.165, 1.54) is 0 Å². The Morgan fingerprint density at radius 2 is 1.95 bits per heavy atom. The number of methoxy groups -OCH3 is 2. The average Bonchev–Trinajstić information content (AvgIpc) is 2.79. The molecular weight excluding hydrogens is 334 g/mol. The Balaban J connectivity index is 2.17. The van der Waals surface area contributed by atoms with E-state index in [2.05, 4.69) is 33.3 Å². The predicted octanol–water partition coefficient (Wildman–Crippen LogP) is 3.60. The van der Waals surface area contributed by atoms with E-state index < -0.39 is 0 Å². The maximum atomic E-state index is 5.31. The Morgan fingerprint density at radius 1 is 1.24 bits per heavy atom. The Kier molecular flexibility index (Phi) is 5.12. The molecule has 2 aromatic rings. The van der Waals surface area contributed by atoms with Gasteiger partial charge in [-0.15, -0.1) is 0 Å². The van der Waals surface area contributed by atoms with Crippen LogP contribution in [0.25, 0.3) is 0 Å². The number of hydrogen-bond acceptors (Lipinski definition) is 4. The van der Waals surface area contributed by atoms with Crippen LogP contribution in [-0.4, -0.2) is 24.0 Å². The molecule has 5 nitrogen and oxygen atoms in total. The lowest BCUT2D eigenvalue weighted by molar-refractivity contribution is 0.355. The molecule has 0 aliphatic carbocycles. The van der Waals surface area contributed by atoms with Crippen molar-refractivity contribution in [2.75, 3.05) is 19.5 Å². The molecule has 0 amide bonds. The number of halogens is 1. The summed E-state index contributed by atoms with van der Waals surface area (Å²) in [6.45, 7) is 5.61. The maximum absolute atomic E-state index is 5.31. The number of anilines is 1. The quantitative estimate of drug-likeness (QED) is 0.861. The van der Waals surface area contributed by atoms with Crippen molar-refractivity contribution < 1.29 is 9.47 Å². The second-order valence-corrected chi connectivity index (χ2v) is 5.38. The van der Waals surface area contributed by atoms with Gasteiger partial charge in [-0.2, -0.15) is 5.10 Å². The first-order valence-corrected chi connectivity index (χ1v) is 7.57. The minimum Gasteiger partial charge on any atom is -0.493 e. The van der Waals surface area contributed by atoms with E-state index in [9.17, 15) is 0 Å². The summed E-state index contributed by atoms with van der Waals surface area (Å²) < 4.78 is 13.6. The fourth-order valence-electron chi connectivity index (χ4n) is 2.17. The normalized spacial score (nSPS) is 10.5. The summed E-state index contributed by atoms with van der Waals surface area (Å²) >= 11 is 3.60. The smallest absolute Gasteiger partial charge is 0.162 e. The molecule has 2 rings (SSSR count). The van der Waals surface area contributed by atoms with Gasteiger partial charge >= 0.3 is 0 Å². The van der Waals surface area contributed by atoms with Crippen LogP contribution in [-0.2, 0) is 13.1 Å². The van der Waals surface area contributed by atoms with Gasteiger partial charge < -0.3 is 14.8 Å². The molecule has 0 radical (unpaired) electrons. The summed E-state index contributed by atoms with van der Waals surface area (Å²) in [5, 5.41) is 7.88. The maximum Gasteiger partial charge on any atom is 0.162 e. The van der Waals surface area contributed by atoms with Crippen LogP contribution in [0.5, 0.6) is 11.5 Å². The predicted molar refractivity (Wildman–Crippen MR) is 87.2 cm³/mol. The zero-order chi connectivity index (χ0) is 15.4. The highest BCUT2D eigenvalue weighted by Gasteiger charge is 2.12. The summed E-state index contributed by atoms with van der Waals surface area (Å²) in [7, 11) is 3.26. The molecule has 0 unspecified atom stereocenters. The first kappa shape index (κ1) is 15.7. The lowest BCUT2D eigenvalue weighted by atomic mass is 10.2. The topological polar surface area (TPSA) is 48.3 Å². The Hall–Kier alpha value is -1.69. The van der Waals surface area contributed by atoms with Crippen molar-refractivity contribution in [2.24, 2.45) is 0 Å². The van der Waals surface area contributed by atoms with Crippen molar-refractivity contribution in [3.8, 4) is 11.5 Å². The summed E-state index contributed by atoms with van der Waals surface area (Å²) in [4.78, 5) is 0. The highest BCUT2D eigenvalue weighted by Crippen LogP contribution is 2.30. The number of benzene rings is 1. The van der Waals surface area contributed by atoms with E-state index in [4.69, 9.17) is 9.47 Å². The van der Waals surface area contributed by atoms with Crippen LogP contribution in [0.3, 0.4) is 0 Å². The van der Waals surface area contributed by atoms with Gasteiger partial charge in [0.25, 0.3) is 0 Å². The molecule has 114 valence electrons. The summed E-state index contributed by atoms with van der Waals surface area (Å²) in [6.07, 6.45) is 0. The van der Waals surface area contributed by atoms with Gasteiger partial charge in [0, 0.05) is 18.3 Å². The Morgan fingerprint density at radius 3 is 2.57 bits per heavy atom. The second kappa shape index (κ2) is 6.85. The van der Waals surface area contributed by atoms with Gasteiger partial charge in [0.15, 0.2) is 11.5 Å². The molecule has 0 fully saturated rings. The van der Waals surface area contributed by atoms with Gasteiger partial charge in [-0.3, -0.25) is 4.68 Å². The van der Waals surface area contributed by atoms with Crippen LogP contribution in [0.4, 0.5) is 5.69 Å². The SMILES string of the molecule is CCn1nc(C)c(Br)c1CNc1ccc(OC)c(OC)c1. The van der Waals surface area contributed by atoms with Crippen molar-refractivity contribution >= 4 is 21.6 Å². The molecule has 0 bridgehead atoms. The third-order valence-corrected chi connectivity index (χ3v) is 4.33. The van der Waals surface area contributed by atoms with Crippen LogP contribution in [0.1, 0.15) is 18.3 Å². The van der Waals surface area contributed by atoms with E-state index in [0.29, 0.717) is 12.3 Å². The Labute approximate surface area is 133 Å². The molecule has 1 aromatic heterocycles. The van der Waals surface area contributed by atoms with Crippen LogP contribution in [0.15, 0.2) is 22.7 Å². The molecule has 0 spiro atoms. The van der Waals surface area contributed by atoms with Crippen molar-refractivity contribution in [1.29, 1.82) is 0 Å². The minimum atomic E-state index is 0.685. The lowest BCUT2D eigenvalue weighted by Gasteiger charge is -2.12. The van der Waals surface area contributed by atoms with Crippen LogP contribution >= 0.6 is 15.9 Å². The van der Waals surface area contributed by atoms with Crippen LogP contribution in [0, 0.1) is 6.92 Å². The molecule has 0 atom stereocenters. The lowest BCUT2D eigenvalue weighted by Crippen LogP contribution is -2.08. The van der Waals surface area contributed by atoms with Crippen LogP contribution in [0.2, 0.25) is 0 Å². The molecule has 0 saturated heterocycles. The number of aromatic nitrogens is 2. The molecule has 1 heterocycles. The van der Waals surface area contributed by atoms with Crippen LogP contribution < -0.4 is 14.8 Å². The standard InChI is InChI=1S/C15H20BrN3O2/c1-5-19-12(15(16)10(2)18-19)9-17-11-6-7-13(20-3)14(8-11)21-4/h6-8,17H,5,9H2,1-4H3. The summed E-state index contributed by atoms with van der Waals surface area (Å²) in [5.41, 5.74) is 3.10. The number of ether oxygens (including phenoxy) is 2. The first-order chi connectivity index (χ1) is 10.1. The van der Waals surface area contributed by atoms with E-state index in [0.717, 1.165) is 33.8 Å². The van der Waals surface area contributed by atoms with E-state index in [-0.39, 0.29) is 0 Å². The average molecular weight is 354 g/mol. The van der Waals surface area contributed by atoms with Gasteiger partial charge in [-0.05, 0) is 41.9 Å². The van der Waals surface area contributed by atoms with E-state index in [1.54, 1.807) is 14.2 Å². The summed E-state index contributed by atoms with van der Waals surface area (Å²) in [6, 6.07) is 5.78. The molecule has 6 heteroatoms. The molecular formula is C15H20BrN3O2. The van der Waals surface area contributed by atoms with Crippen molar-refractivity contribution in [3.05, 3.63) is 34.1 Å². The minimum absolute atomic E-state index is 0.685. The summed E-state index contributed by atoms with van der Waals surface area (Å²) in [5.74, 6) is 1.43. The fraction of sp³-hybridized carbons (Fsp3) is 0.400. The molecule has 21 heavy (non-hydrogen) atoms. The van der Waals surface area contributed by atoms with Crippen molar-refractivity contribution in [2.45, 2.75) is 26.9 Å². The fourth-order valence-corrected chi connectivity index (χ4v) is 2.59. The molecule has 1 N–H and O–H groups in total. The number of hydrogen-bond donors (Lipinski definition) is 1. The number of aryl methyl sites for hydroxylation is 2. The van der Waals surface area contributed by atoms with Gasteiger partial charge in [0.1, 0.15) is 0 Å². The molecule has 0 aliphatic rings.